The van der Waals surface area contributed by atoms with Gasteiger partial charge >= 0.3 is 0 Å². The number of fused-ring (bicyclic) bond motifs is 1. The molecule has 1 aliphatic heterocycles. The summed E-state index contributed by atoms with van der Waals surface area (Å²) in [4.78, 5) is 6.55. The first-order valence-corrected chi connectivity index (χ1v) is 9.02. The minimum atomic E-state index is -0.271. The predicted octanol–water partition coefficient (Wildman–Crippen LogP) is 4.14. The second kappa shape index (κ2) is 7.80. The first kappa shape index (κ1) is 17.5. The van der Waals surface area contributed by atoms with E-state index in [9.17, 15) is 4.39 Å². The predicted molar refractivity (Wildman–Crippen MR) is 99.2 cm³/mol. The van der Waals surface area contributed by atoms with Gasteiger partial charge in [-0.3, -0.25) is 4.90 Å². The molecular weight excluding hydrogens is 347 g/mol. The summed E-state index contributed by atoms with van der Waals surface area (Å²) in [5.74, 6) is 2.54. The van der Waals surface area contributed by atoms with E-state index >= 15 is 0 Å². The lowest BCUT2D eigenvalue weighted by Gasteiger charge is -2.30. The summed E-state index contributed by atoms with van der Waals surface area (Å²) in [6.45, 7) is 4.70. The van der Waals surface area contributed by atoms with Crippen molar-refractivity contribution in [2.75, 3.05) is 19.7 Å². The van der Waals surface area contributed by atoms with Gasteiger partial charge in [-0.15, -0.1) is 0 Å². The average Bonchev–Trinajstić information content (AvgIpc) is 3.16. The van der Waals surface area contributed by atoms with Gasteiger partial charge in [-0.1, -0.05) is 19.1 Å². The molecular formula is C21H21FN2O3. The molecule has 0 saturated carbocycles. The fraction of sp³-hybridized carbons (Fsp3) is 0.286. The van der Waals surface area contributed by atoms with Crippen LogP contribution in [0.4, 0.5) is 4.39 Å². The van der Waals surface area contributed by atoms with Gasteiger partial charge in [-0.05, 0) is 42.9 Å². The summed E-state index contributed by atoms with van der Waals surface area (Å²) < 4.78 is 30.7. The lowest BCUT2D eigenvalue weighted by molar-refractivity contribution is 0.0558. The Hall–Kier alpha value is -2.86. The van der Waals surface area contributed by atoms with Crippen molar-refractivity contribution in [2.24, 2.45) is 0 Å². The lowest BCUT2D eigenvalue weighted by atomic mass is 10.2. The molecule has 0 N–H and O–H groups in total. The third-order valence-corrected chi connectivity index (χ3v) is 4.52. The third kappa shape index (κ3) is 4.11. The topological polar surface area (TPSA) is 47.7 Å². The summed E-state index contributed by atoms with van der Waals surface area (Å²) in [6.07, 6.45) is 1.62. The van der Waals surface area contributed by atoms with Gasteiger partial charge in [0.15, 0.2) is 17.3 Å². The Morgan fingerprint density at radius 1 is 1.11 bits per heavy atom. The van der Waals surface area contributed by atoms with E-state index in [0.29, 0.717) is 31.3 Å². The summed E-state index contributed by atoms with van der Waals surface area (Å²) in [6, 6.07) is 13.9. The minimum Gasteiger partial charge on any atom is -0.486 e. The zero-order chi connectivity index (χ0) is 18.6. The van der Waals surface area contributed by atoms with E-state index in [0.717, 1.165) is 23.6 Å². The molecule has 0 radical (unpaired) electrons. The van der Waals surface area contributed by atoms with Crippen LogP contribution in [0.25, 0.3) is 11.3 Å². The highest BCUT2D eigenvalue weighted by atomic mass is 19.1. The molecule has 1 aromatic heterocycles. The SMILES string of the molecule is CCN(Cc1ncc(-c2ccc(F)cc2)o1)CC1COc2ccccc2O1. The fourth-order valence-electron chi connectivity index (χ4n) is 3.07. The maximum atomic E-state index is 13.1. The highest BCUT2D eigenvalue weighted by molar-refractivity contribution is 5.55. The highest BCUT2D eigenvalue weighted by Gasteiger charge is 2.23. The Kier molecular flexibility index (Phi) is 5.07. The van der Waals surface area contributed by atoms with Crippen LogP contribution in [-0.2, 0) is 6.54 Å². The maximum absolute atomic E-state index is 13.1. The molecule has 0 amide bonds. The molecule has 6 heteroatoms. The van der Waals surface area contributed by atoms with Gasteiger partial charge in [0.2, 0.25) is 5.89 Å². The Balaban J connectivity index is 1.39. The summed E-state index contributed by atoms with van der Waals surface area (Å²) in [5.41, 5.74) is 0.804. The number of hydrogen-bond donors (Lipinski definition) is 0. The number of halogens is 1. The molecule has 1 atom stereocenters. The average molecular weight is 368 g/mol. The fourth-order valence-corrected chi connectivity index (χ4v) is 3.07. The van der Waals surface area contributed by atoms with E-state index in [1.807, 2.05) is 24.3 Å². The van der Waals surface area contributed by atoms with Gasteiger partial charge in [0.1, 0.15) is 18.5 Å². The van der Waals surface area contributed by atoms with Crippen LogP contribution in [0.2, 0.25) is 0 Å². The smallest absolute Gasteiger partial charge is 0.209 e. The lowest BCUT2D eigenvalue weighted by Crippen LogP contribution is -2.40. The number of aromatic nitrogens is 1. The normalized spacial score (nSPS) is 15.9. The molecule has 0 fully saturated rings. The summed E-state index contributed by atoms with van der Waals surface area (Å²) >= 11 is 0. The summed E-state index contributed by atoms with van der Waals surface area (Å²) in [7, 11) is 0. The van der Waals surface area contributed by atoms with Crippen LogP contribution < -0.4 is 9.47 Å². The van der Waals surface area contributed by atoms with Crippen LogP contribution in [0.1, 0.15) is 12.8 Å². The van der Waals surface area contributed by atoms with Crippen molar-refractivity contribution in [3.8, 4) is 22.8 Å². The van der Waals surface area contributed by atoms with E-state index in [4.69, 9.17) is 13.9 Å². The Labute approximate surface area is 157 Å². The highest BCUT2D eigenvalue weighted by Crippen LogP contribution is 2.31. The second-order valence-electron chi connectivity index (χ2n) is 6.45. The van der Waals surface area contributed by atoms with Crippen LogP contribution in [0.3, 0.4) is 0 Å². The molecule has 0 spiro atoms. The van der Waals surface area contributed by atoms with E-state index in [1.54, 1.807) is 18.3 Å². The first-order valence-electron chi connectivity index (χ1n) is 9.02. The van der Waals surface area contributed by atoms with Crippen LogP contribution in [0.15, 0.2) is 59.1 Å². The molecule has 1 aliphatic rings. The van der Waals surface area contributed by atoms with E-state index < -0.39 is 0 Å². The Morgan fingerprint density at radius 2 is 1.89 bits per heavy atom. The van der Waals surface area contributed by atoms with E-state index in [-0.39, 0.29) is 11.9 Å². The van der Waals surface area contributed by atoms with Crippen molar-refractivity contribution in [3.05, 3.63) is 66.4 Å². The number of para-hydroxylation sites is 2. The maximum Gasteiger partial charge on any atom is 0.209 e. The quantitative estimate of drug-likeness (QED) is 0.654. The molecule has 3 aromatic rings. The number of benzene rings is 2. The van der Waals surface area contributed by atoms with Gasteiger partial charge in [0, 0.05) is 12.1 Å². The Morgan fingerprint density at radius 3 is 2.67 bits per heavy atom. The molecule has 0 bridgehead atoms. The van der Waals surface area contributed by atoms with Gasteiger partial charge in [0.25, 0.3) is 0 Å². The van der Waals surface area contributed by atoms with Crippen molar-refractivity contribution in [1.82, 2.24) is 9.88 Å². The van der Waals surface area contributed by atoms with Crippen LogP contribution >= 0.6 is 0 Å². The third-order valence-electron chi connectivity index (χ3n) is 4.52. The Bertz CT molecular complexity index is 894. The van der Waals surface area contributed by atoms with Crippen molar-refractivity contribution in [2.45, 2.75) is 19.6 Å². The number of nitrogens with zero attached hydrogens (tertiary/aromatic N) is 2. The van der Waals surface area contributed by atoms with Crippen molar-refractivity contribution >= 4 is 0 Å². The van der Waals surface area contributed by atoms with Crippen molar-refractivity contribution < 1.29 is 18.3 Å². The molecule has 1 unspecified atom stereocenters. The number of rotatable bonds is 6. The largest absolute Gasteiger partial charge is 0.486 e. The number of likely N-dealkylation sites (N-methyl/N-ethyl adjacent to an activating group) is 1. The second-order valence-corrected chi connectivity index (χ2v) is 6.45. The zero-order valence-electron chi connectivity index (χ0n) is 15.1. The molecule has 0 saturated heterocycles. The molecule has 2 heterocycles. The van der Waals surface area contributed by atoms with Crippen LogP contribution in [0, 0.1) is 5.82 Å². The van der Waals surface area contributed by atoms with Crippen molar-refractivity contribution in [3.63, 3.8) is 0 Å². The molecule has 140 valence electrons. The molecule has 2 aromatic carbocycles. The minimum absolute atomic E-state index is 0.0496. The van der Waals surface area contributed by atoms with E-state index in [2.05, 4.69) is 16.8 Å². The number of oxazole rings is 1. The number of ether oxygens (including phenoxy) is 2. The molecule has 5 nitrogen and oxygen atoms in total. The van der Waals surface area contributed by atoms with Gasteiger partial charge in [0.05, 0.1) is 12.7 Å². The standard InChI is InChI=1S/C21H21FN2O3/c1-2-24(12-17-14-25-18-5-3-4-6-19(18)26-17)13-21-23-11-20(27-21)15-7-9-16(22)10-8-15/h3-11,17H,2,12-14H2,1H3. The molecule has 27 heavy (non-hydrogen) atoms. The first-order chi connectivity index (χ1) is 13.2. The molecule has 4 rings (SSSR count). The van der Waals surface area contributed by atoms with Gasteiger partial charge in [-0.2, -0.15) is 0 Å². The van der Waals surface area contributed by atoms with Crippen molar-refractivity contribution in [1.29, 1.82) is 0 Å². The van der Waals surface area contributed by atoms with Crippen LogP contribution in [0.5, 0.6) is 11.5 Å². The van der Waals surface area contributed by atoms with Gasteiger partial charge < -0.3 is 13.9 Å². The molecule has 0 aliphatic carbocycles. The van der Waals surface area contributed by atoms with Gasteiger partial charge in [-0.25, -0.2) is 9.37 Å². The summed E-state index contributed by atoms with van der Waals surface area (Å²) in [5, 5.41) is 0. The monoisotopic (exact) mass is 368 g/mol. The number of hydrogen-bond acceptors (Lipinski definition) is 5. The zero-order valence-corrected chi connectivity index (χ0v) is 15.1. The van der Waals surface area contributed by atoms with Crippen LogP contribution in [-0.4, -0.2) is 35.7 Å². The van der Waals surface area contributed by atoms with E-state index in [1.165, 1.54) is 12.1 Å².